The quantitative estimate of drug-likeness (QED) is 0.170. The van der Waals surface area contributed by atoms with Crippen LogP contribution in [0, 0.1) is 5.82 Å². The molecule has 0 radical (unpaired) electrons. The molecule has 0 aliphatic heterocycles. The van der Waals surface area contributed by atoms with Gasteiger partial charge in [-0.1, -0.05) is 24.3 Å². The molecule has 41 heavy (non-hydrogen) atoms. The highest BCUT2D eigenvalue weighted by molar-refractivity contribution is 7.89. The Balaban J connectivity index is 1.49. The van der Waals surface area contributed by atoms with Crippen LogP contribution in [0.5, 0.6) is 5.75 Å². The molecule has 0 spiro atoms. The van der Waals surface area contributed by atoms with Gasteiger partial charge < -0.3 is 15.4 Å². The average Bonchev–Trinajstić information content (AvgIpc) is 2.94. The number of nitrogens with zero attached hydrogens (tertiary/aromatic N) is 2. The Bertz CT molecular complexity index is 1550. The topological polar surface area (TPSA) is 83.6 Å². The third kappa shape index (κ3) is 8.96. The van der Waals surface area contributed by atoms with Crippen LogP contribution in [0.2, 0.25) is 0 Å². The molecule has 0 saturated carbocycles. The third-order valence-electron chi connectivity index (χ3n) is 5.74. The van der Waals surface area contributed by atoms with Crippen LogP contribution in [-0.4, -0.2) is 29.2 Å². The molecule has 13 heteroatoms. The van der Waals surface area contributed by atoms with Gasteiger partial charge in [0.2, 0.25) is 10.0 Å². The summed E-state index contributed by atoms with van der Waals surface area (Å²) in [5.41, 5.74) is 2.49. The van der Waals surface area contributed by atoms with Crippen LogP contribution < -0.4 is 15.4 Å². The maximum atomic E-state index is 13.7. The van der Waals surface area contributed by atoms with Crippen molar-refractivity contribution in [1.29, 1.82) is 0 Å². The Kier molecular flexibility index (Phi) is 9.53. The molecule has 214 valence electrons. The lowest BCUT2D eigenvalue weighted by molar-refractivity contribution is -0.274. The summed E-state index contributed by atoms with van der Waals surface area (Å²) < 4.78 is 83.4. The van der Waals surface area contributed by atoms with E-state index >= 15 is 0 Å². The van der Waals surface area contributed by atoms with E-state index in [0.717, 1.165) is 22.0 Å². The number of thiocarbonyl (C=S) groups is 1. The molecule has 0 atom stereocenters. The smallest absolute Gasteiger partial charge is 0.406 e. The summed E-state index contributed by atoms with van der Waals surface area (Å²) in [6.07, 6.45) is -1.51. The number of pyridine rings is 1. The van der Waals surface area contributed by atoms with Gasteiger partial charge in [-0.05, 0) is 89.6 Å². The molecule has 0 amide bonds. The molecule has 0 aliphatic rings. The molecule has 2 N–H and O–H groups in total. The van der Waals surface area contributed by atoms with Gasteiger partial charge in [-0.15, -0.1) is 13.2 Å². The highest BCUT2D eigenvalue weighted by atomic mass is 32.2. The predicted octanol–water partition coefficient (Wildman–Crippen LogP) is 6.00. The average molecular weight is 605 g/mol. The summed E-state index contributed by atoms with van der Waals surface area (Å²) in [7, 11) is -4.09. The van der Waals surface area contributed by atoms with Crippen LogP contribution in [0.15, 0.2) is 102 Å². The van der Waals surface area contributed by atoms with E-state index in [9.17, 15) is 26.0 Å². The number of ether oxygens (including phenoxy) is 1. The van der Waals surface area contributed by atoms with Crippen LogP contribution in [0.1, 0.15) is 16.7 Å². The molecule has 3 aromatic carbocycles. The molecular weight excluding hydrogens is 580 g/mol. The van der Waals surface area contributed by atoms with Gasteiger partial charge in [0.05, 0.1) is 4.90 Å². The van der Waals surface area contributed by atoms with Crippen molar-refractivity contribution in [2.45, 2.75) is 30.9 Å². The number of alkyl halides is 3. The zero-order valence-electron chi connectivity index (χ0n) is 21.3. The minimum absolute atomic E-state index is 0.0159. The molecule has 7 nitrogen and oxygen atoms in total. The van der Waals surface area contributed by atoms with Gasteiger partial charge in [-0.2, -0.15) is 4.31 Å². The van der Waals surface area contributed by atoms with Crippen LogP contribution >= 0.6 is 12.2 Å². The van der Waals surface area contributed by atoms with Gasteiger partial charge in [0.15, 0.2) is 5.11 Å². The lowest BCUT2D eigenvalue weighted by atomic mass is 10.2. The lowest BCUT2D eigenvalue weighted by Gasteiger charge is -2.23. The molecular formula is C28H24F4N4O3S2. The van der Waals surface area contributed by atoms with Gasteiger partial charge in [0.25, 0.3) is 0 Å². The number of anilines is 1. The second-order valence-electron chi connectivity index (χ2n) is 8.78. The number of hydrogen-bond acceptors (Lipinski definition) is 5. The molecule has 1 heterocycles. The zero-order valence-corrected chi connectivity index (χ0v) is 22.9. The van der Waals surface area contributed by atoms with E-state index in [2.05, 4.69) is 20.4 Å². The Morgan fingerprint density at radius 3 is 1.95 bits per heavy atom. The summed E-state index contributed by atoms with van der Waals surface area (Å²) in [5.74, 6) is -0.898. The van der Waals surface area contributed by atoms with Gasteiger partial charge in [-0.25, -0.2) is 12.8 Å². The van der Waals surface area contributed by atoms with Crippen molar-refractivity contribution in [3.63, 3.8) is 0 Å². The van der Waals surface area contributed by atoms with E-state index < -0.39 is 28.0 Å². The minimum Gasteiger partial charge on any atom is -0.406 e. The largest absolute Gasteiger partial charge is 0.573 e. The Morgan fingerprint density at radius 2 is 1.39 bits per heavy atom. The van der Waals surface area contributed by atoms with Crippen molar-refractivity contribution < 1.29 is 30.7 Å². The molecule has 0 bridgehead atoms. The highest BCUT2D eigenvalue weighted by Crippen LogP contribution is 2.26. The number of nitrogens with one attached hydrogen (secondary N) is 2. The summed E-state index contributed by atoms with van der Waals surface area (Å²) >= 11 is 5.31. The fourth-order valence-corrected chi connectivity index (χ4v) is 5.34. The van der Waals surface area contributed by atoms with Gasteiger partial charge in [0.1, 0.15) is 11.6 Å². The summed E-state index contributed by atoms with van der Waals surface area (Å²) in [6.45, 7) is 0.212. The monoisotopic (exact) mass is 604 g/mol. The van der Waals surface area contributed by atoms with Crippen LogP contribution in [0.4, 0.5) is 23.2 Å². The first-order valence-corrected chi connectivity index (χ1v) is 14.0. The molecule has 4 aromatic rings. The fourth-order valence-electron chi connectivity index (χ4n) is 3.74. The van der Waals surface area contributed by atoms with Crippen molar-refractivity contribution in [2.75, 3.05) is 5.32 Å². The second kappa shape index (κ2) is 13.1. The normalized spacial score (nSPS) is 11.7. The molecule has 0 aliphatic carbocycles. The molecule has 0 saturated heterocycles. The highest BCUT2D eigenvalue weighted by Gasteiger charge is 2.31. The maximum absolute atomic E-state index is 13.7. The van der Waals surface area contributed by atoms with E-state index in [-0.39, 0.29) is 18.0 Å². The second-order valence-corrected chi connectivity index (χ2v) is 11.1. The number of halogens is 4. The standard InChI is InChI=1S/C28H24F4N4O3S2/c29-23-5-1-21(2-6-23)18-36(19-22-3-9-25(10-4-22)39-28(30,31)32)41(37,38)26-11-7-24(8-12-26)35-27(40)34-17-20-13-15-33-16-14-20/h1-16H,17-19H2,(H2,34,35,40). The summed E-state index contributed by atoms with van der Waals surface area (Å²) in [4.78, 5) is 3.94. The Hall–Kier alpha value is -4.07. The van der Waals surface area contributed by atoms with Gasteiger partial charge >= 0.3 is 6.36 Å². The van der Waals surface area contributed by atoms with E-state index in [1.807, 2.05) is 12.1 Å². The summed E-state index contributed by atoms with van der Waals surface area (Å²) in [5, 5.41) is 6.39. The Labute approximate surface area is 239 Å². The van der Waals surface area contributed by atoms with Crippen LogP contribution in [-0.2, 0) is 29.7 Å². The molecule has 0 fully saturated rings. The molecule has 0 unspecified atom stereocenters. The van der Waals surface area contributed by atoms with Crippen LogP contribution in [0.3, 0.4) is 0 Å². The molecule has 4 rings (SSSR count). The van der Waals surface area contributed by atoms with Crippen molar-refractivity contribution in [3.8, 4) is 5.75 Å². The van der Waals surface area contributed by atoms with E-state index in [0.29, 0.717) is 28.5 Å². The van der Waals surface area contributed by atoms with Crippen LogP contribution in [0.25, 0.3) is 0 Å². The number of sulfonamides is 1. The maximum Gasteiger partial charge on any atom is 0.573 e. The van der Waals surface area contributed by atoms with Gasteiger partial charge in [0, 0.05) is 37.7 Å². The fraction of sp³-hybridized carbons (Fsp3) is 0.143. The lowest BCUT2D eigenvalue weighted by Crippen LogP contribution is -2.30. The first-order valence-electron chi connectivity index (χ1n) is 12.1. The third-order valence-corrected chi connectivity index (χ3v) is 7.79. The van der Waals surface area contributed by atoms with E-state index in [1.54, 1.807) is 24.5 Å². The van der Waals surface area contributed by atoms with Gasteiger partial charge in [-0.3, -0.25) is 4.98 Å². The Morgan fingerprint density at radius 1 is 0.829 bits per heavy atom. The van der Waals surface area contributed by atoms with Crippen molar-refractivity contribution in [3.05, 3.63) is 120 Å². The van der Waals surface area contributed by atoms with Crippen molar-refractivity contribution in [2.24, 2.45) is 0 Å². The minimum atomic E-state index is -4.85. The number of hydrogen-bond donors (Lipinski definition) is 2. The number of benzene rings is 3. The predicted molar refractivity (Wildman–Crippen MR) is 150 cm³/mol. The first kappa shape index (κ1) is 29.9. The van der Waals surface area contributed by atoms with E-state index in [4.69, 9.17) is 12.2 Å². The first-order chi connectivity index (χ1) is 19.5. The zero-order chi connectivity index (χ0) is 29.5. The SMILES string of the molecule is O=S(=O)(c1ccc(NC(=S)NCc2ccncc2)cc1)N(Cc1ccc(F)cc1)Cc1ccc(OC(F)(F)F)cc1. The van der Waals surface area contributed by atoms with Crippen molar-refractivity contribution in [1.82, 2.24) is 14.6 Å². The van der Waals surface area contributed by atoms with Crippen molar-refractivity contribution >= 4 is 33.0 Å². The number of rotatable bonds is 10. The molecule has 1 aromatic heterocycles. The van der Waals surface area contributed by atoms with E-state index in [1.165, 1.54) is 48.5 Å². The summed E-state index contributed by atoms with van der Waals surface area (Å²) in [6, 6.07) is 19.9. The number of aromatic nitrogens is 1.